The number of rotatable bonds is 10. The van der Waals surface area contributed by atoms with Crippen molar-refractivity contribution in [3.05, 3.63) is 77.3 Å². The molecule has 2 aromatic heterocycles. The Kier molecular flexibility index (Phi) is 8.04. The second-order valence-electron chi connectivity index (χ2n) is 11.1. The molecule has 3 aliphatic heterocycles. The number of hydrogen-bond acceptors (Lipinski definition) is 9. The fourth-order valence-corrected chi connectivity index (χ4v) is 11.8. The van der Waals surface area contributed by atoms with Crippen molar-refractivity contribution in [3.63, 3.8) is 0 Å². The molecule has 2 bridgehead atoms. The van der Waals surface area contributed by atoms with Gasteiger partial charge in [-0.05, 0) is 0 Å². The van der Waals surface area contributed by atoms with Gasteiger partial charge in [0.1, 0.15) is 0 Å². The van der Waals surface area contributed by atoms with Crippen molar-refractivity contribution >= 4 is 37.2 Å². The number of hydrogen-bond donors (Lipinski definition) is 1. The van der Waals surface area contributed by atoms with Crippen LogP contribution in [0.1, 0.15) is 46.8 Å². The number of aromatic carboxylic acids is 1. The van der Waals surface area contributed by atoms with Crippen LogP contribution in [0.25, 0.3) is 11.0 Å². The average Bonchev–Trinajstić information content (AvgIpc) is 3.45. The van der Waals surface area contributed by atoms with E-state index in [1.165, 1.54) is 12.1 Å². The number of halogens is 2. The molecule has 7 rings (SSSR count). The van der Waals surface area contributed by atoms with Gasteiger partial charge in [0.25, 0.3) is 0 Å². The van der Waals surface area contributed by atoms with Crippen molar-refractivity contribution < 1.29 is 26.8 Å². The zero-order valence-electron chi connectivity index (χ0n) is 23.7. The van der Waals surface area contributed by atoms with E-state index >= 15 is 0 Å². The SMILES string of the molecule is N#Cc1ccc(OCc2nccc(OI3C[C@H]4CC[C@@H](C3)N4Cc3nc4ccc(C(=O)O)cc4n3C[C@@H]3CCO3)n2)c(F)c1. The molecule has 5 heterocycles. The van der Waals surface area contributed by atoms with Gasteiger partial charge in [-0.3, -0.25) is 0 Å². The number of aromatic nitrogens is 4. The minimum absolute atomic E-state index is 0.0197. The topological polar surface area (TPSA) is 136 Å². The van der Waals surface area contributed by atoms with E-state index in [-0.39, 0.29) is 29.6 Å². The molecule has 0 unspecified atom stereocenters. The Labute approximate surface area is 260 Å². The quantitative estimate of drug-likeness (QED) is 0.181. The predicted octanol–water partition coefficient (Wildman–Crippen LogP) is 4.75. The molecular formula is C31H30FIN6O5. The van der Waals surface area contributed by atoms with Gasteiger partial charge in [0.15, 0.2) is 0 Å². The van der Waals surface area contributed by atoms with E-state index in [4.69, 9.17) is 22.8 Å². The summed E-state index contributed by atoms with van der Waals surface area (Å²) in [5.74, 6) is 0.337. The van der Waals surface area contributed by atoms with Gasteiger partial charge in [-0.2, -0.15) is 0 Å². The minimum atomic E-state index is -1.83. The van der Waals surface area contributed by atoms with E-state index in [2.05, 4.69) is 19.4 Å². The first kappa shape index (κ1) is 28.9. The second kappa shape index (κ2) is 12.3. The average molecular weight is 713 g/mol. The molecule has 3 fully saturated rings. The second-order valence-corrected chi connectivity index (χ2v) is 15.7. The number of ether oxygens (including phenoxy) is 2. The summed E-state index contributed by atoms with van der Waals surface area (Å²) in [6, 6.07) is 13.6. The van der Waals surface area contributed by atoms with Crippen LogP contribution < -0.4 is 7.80 Å². The molecule has 3 saturated heterocycles. The summed E-state index contributed by atoms with van der Waals surface area (Å²) in [7, 11) is 0. The van der Waals surface area contributed by atoms with Crippen molar-refractivity contribution in [2.45, 2.75) is 57.1 Å². The van der Waals surface area contributed by atoms with E-state index in [0.29, 0.717) is 36.9 Å². The van der Waals surface area contributed by atoms with Crippen LogP contribution in [0, 0.1) is 17.1 Å². The van der Waals surface area contributed by atoms with E-state index < -0.39 is 32.0 Å². The van der Waals surface area contributed by atoms with Crippen molar-refractivity contribution in [3.8, 4) is 17.7 Å². The maximum atomic E-state index is 14.2. The molecule has 3 atom stereocenters. The van der Waals surface area contributed by atoms with Gasteiger partial charge < -0.3 is 0 Å². The first-order chi connectivity index (χ1) is 21.4. The third-order valence-electron chi connectivity index (χ3n) is 8.34. The maximum absolute atomic E-state index is 14.2. The fourth-order valence-electron chi connectivity index (χ4n) is 5.99. The van der Waals surface area contributed by atoms with Crippen LogP contribution in [-0.4, -0.2) is 69.1 Å². The summed E-state index contributed by atoms with van der Waals surface area (Å²) in [6.45, 7) is 2.10. The van der Waals surface area contributed by atoms with Crippen LogP contribution in [0.15, 0.2) is 48.7 Å². The number of carboxylic acids is 1. The van der Waals surface area contributed by atoms with E-state index in [1.807, 2.05) is 6.07 Å². The number of nitriles is 1. The number of nitrogens with zero attached hydrogens (tertiary/aromatic N) is 6. The van der Waals surface area contributed by atoms with Crippen molar-refractivity contribution in [1.29, 1.82) is 5.26 Å². The molecular weight excluding hydrogens is 682 g/mol. The molecule has 13 heteroatoms. The Morgan fingerprint density at radius 2 is 1.95 bits per heavy atom. The van der Waals surface area contributed by atoms with E-state index in [9.17, 15) is 14.3 Å². The van der Waals surface area contributed by atoms with Crippen LogP contribution in [0.3, 0.4) is 0 Å². The monoisotopic (exact) mass is 712 g/mol. The fraction of sp³-hybridized carbons (Fsp3) is 0.387. The third-order valence-corrected chi connectivity index (χ3v) is 13.4. The Hall–Kier alpha value is -3.87. The molecule has 2 aromatic carbocycles. The molecule has 0 radical (unpaired) electrons. The first-order valence-electron chi connectivity index (χ1n) is 14.5. The molecule has 4 aromatic rings. The zero-order chi connectivity index (χ0) is 30.2. The first-order valence-corrected chi connectivity index (χ1v) is 18.4. The summed E-state index contributed by atoms with van der Waals surface area (Å²) in [5, 5.41) is 18.5. The van der Waals surface area contributed by atoms with Crippen molar-refractivity contribution in [2.75, 3.05) is 15.5 Å². The molecule has 0 saturated carbocycles. The summed E-state index contributed by atoms with van der Waals surface area (Å²) in [4.78, 5) is 27.9. The van der Waals surface area contributed by atoms with Gasteiger partial charge in [0.2, 0.25) is 0 Å². The van der Waals surface area contributed by atoms with Gasteiger partial charge in [-0.15, -0.1) is 0 Å². The normalized spacial score (nSPS) is 22.0. The summed E-state index contributed by atoms with van der Waals surface area (Å²) < 4.78 is 36.1. The number of carboxylic acid groups (broad SMARTS) is 1. The van der Waals surface area contributed by atoms with Crippen molar-refractivity contribution in [1.82, 2.24) is 24.4 Å². The Balaban J connectivity index is 1.02. The number of fused-ring (bicyclic) bond motifs is 3. The van der Waals surface area contributed by atoms with Gasteiger partial charge in [-0.1, -0.05) is 0 Å². The Morgan fingerprint density at radius 1 is 1.14 bits per heavy atom. The Morgan fingerprint density at radius 3 is 2.66 bits per heavy atom. The molecule has 0 aliphatic carbocycles. The third kappa shape index (κ3) is 5.93. The van der Waals surface area contributed by atoms with Crippen LogP contribution in [0.4, 0.5) is 4.39 Å². The summed E-state index contributed by atoms with van der Waals surface area (Å²) >= 11 is -1.83. The van der Waals surface area contributed by atoms with Gasteiger partial charge in [0.05, 0.1) is 0 Å². The molecule has 0 amide bonds. The number of carbonyl (C=O) groups is 1. The Bertz CT molecular complexity index is 1740. The van der Waals surface area contributed by atoms with Gasteiger partial charge in [0, 0.05) is 0 Å². The molecule has 11 nitrogen and oxygen atoms in total. The standard InChI is InChI=1S/C31H30FIN6O5/c32-24-11-19(15-34)1-6-27(24)43-18-28-35-9-7-30(37-28)44-33-13-21-3-4-22(14-33)38(21)17-29-36-25-5-2-20(31(40)41)12-26(25)39(29)16-23-8-10-42-23/h1-2,5-7,9,11-12,21-23H,3-4,8,10,13-14,16-18H2,(H,40,41)/t21-,22+,23-/m0/s1. The van der Waals surface area contributed by atoms with Crippen LogP contribution in [0.5, 0.6) is 11.6 Å². The van der Waals surface area contributed by atoms with Crippen LogP contribution >= 0.6 is 20.2 Å². The van der Waals surface area contributed by atoms with Crippen molar-refractivity contribution in [2.24, 2.45) is 0 Å². The van der Waals surface area contributed by atoms with Crippen LogP contribution in [0.2, 0.25) is 0 Å². The van der Waals surface area contributed by atoms with E-state index in [0.717, 1.165) is 57.6 Å². The molecule has 1 N–H and O–H groups in total. The number of benzene rings is 2. The number of imidazole rings is 1. The molecule has 44 heavy (non-hydrogen) atoms. The molecule has 3 aliphatic rings. The van der Waals surface area contributed by atoms with Gasteiger partial charge >= 0.3 is 261 Å². The van der Waals surface area contributed by atoms with Gasteiger partial charge in [-0.25, -0.2) is 0 Å². The zero-order valence-corrected chi connectivity index (χ0v) is 25.9. The number of alkyl halides is 2. The summed E-state index contributed by atoms with van der Waals surface area (Å²) in [6.07, 6.45) is 4.95. The van der Waals surface area contributed by atoms with E-state index in [1.54, 1.807) is 30.5 Å². The molecule has 0 spiro atoms. The summed E-state index contributed by atoms with van der Waals surface area (Å²) in [5.41, 5.74) is 2.12. The molecule has 228 valence electrons. The van der Waals surface area contributed by atoms with Crippen LogP contribution in [-0.2, 0) is 24.4 Å². The predicted molar refractivity (Wildman–Crippen MR) is 165 cm³/mol.